The number of nitrogens with zero attached hydrogens (tertiary/aromatic N) is 5. The molecule has 2 aromatic heterocycles. The van der Waals surface area contributed by atoms with Gasteiger partial charge >= 0.3 is 0 Å². The van der Waals surface area contributed by atoms with Crippen LogP contribution in [0.3, 0.4) is 0 Å². The molecule has 0 fully saturated rings. The van der Waals surface area contributed by atoms with Crippen molar-refractivity contribution < 1.29 is 4.79 Å². The maximum atomic E-state index is 12.7. The first kappa shape index (κ1) is 15.9. The van der Waals surface area contributed by atoms with Crippen molar-refractivity contribution in [3.8, 4) is 5.69 Å². The third-order valence-corrected chi connectivity index (χ3v) is 3.87. The summed E-state index contributed by atoms with van der Waals surface area (Å²) in [6, 6.07) is 9.46. The molecule has 7 nitrogen and oxygen atoms in total. The summed E-state index contributed by atoms with van der Waals surface area (Å²) in [6.45, 7) is 4.82. The third-order valence-electron chi connectivity index (χ3n) is 3.87. The number of para-hydroxylation sites is 1. The van der Waals surface area contributed by atoms with E-state index >= 15 is 0 Å². The maximum absolute atomic E-state index is 12.7. The maximum Gasteiger partial charge on any atom is 0.271 e. The van der Waals surface area contributed by atoms with E-state index < -0.39 is 0 Å². The first-order valence-electron chi connectivity index (χ1n) is 7.88. The monoisotopic (exact) mass is 324 g/mol. The number of aromatic nitrogens is 5. The van der Waals surface area contributed by atoms with Crippen molar-refractivity contribution in [1.29, 1.82) is 0 Å². The van der Waals surface area contributed by atoms with Crippen molar-refractivity contribution in [2.24, 2.45) is 5.92 Å². The summed E-state index contributed by atoms with van der Waals surface area (Å²) in [5.41, 5.74) is 1.22. The van der Waals surface area contributed by atoms with Crippen molar-refractivity contribution >= 4 is 5.91 Å². The summed E-state index contributed by atoms with van der Waals surface area (Å²) in [5.74, 6) is 0.0834. The highest BCUT2D eigenvalue weighted by atomic mass is 16.2. The van der Waals surface area contributed by atoms with Gasteiger partial charge in [-0.25, -0.2) is 9.67 Å². The van der Waals surface area contributed by atoms with E-state index in [1.807, 2.05) is 41.1 Å². The zero-order valence-electron chi connectivity index (χ0n) is 13.7. The van der Waals surface area contributed by atoms with E-state index in [4.69, 9.17) is 0 Å². The second kappa shape index (κ2) is 7.08. The third kappa shape index (κ3) is 3.51. The van der Waals surface area contributed by atoms with Crippen LogP contribution in [0.5, 0.6) is 0 Å². The first-order chi connectivity index (χ1) is 11.6. The Morgan fingerprint density at radius 2 is 2.04 bits per heavy atom. The number of amides is 1. The van der Waals surface area contributed by atoms with Gasteiger partial charge in [0.2, 0.25) is 0 Å². The first-order valence-corrected chi connectivity index (χ1v) is 7.88. The van der Waals surface area contributed by atoms with Crippen LogP contribution in [0.4, 0.5) is 0 Å². The fourth-order valence-electron chi connectivity index (χ4n) is 2.44. The molecule has 3 rings (SSSR count). The highest BCUT2D eigenvalue weighted by Crippen LogP contribution is 2.11. The molecule has 0 radical (unpaired) electrons. The molecule has 0 aliphatic rings. The minimum absolute atomic E-state index is 0.0224. The standard InChI is InChI=1S/C17H20N6O/c1-13(2)15(11-22-9-8-18-12-22)20-17(24)16-10-19-21-23(16)14-6-4-3-5-7-14/h3-10,12-13,15H,11H2,1-2H3,(H,20,24)/t15-/m0/s1. The predicted molar refractivity (Wildman–Crippen MR) is 89.7 cm³/mol. The Morgan fingerprint density at radius 3 is 2.71 bits per heavy atom. The molecule has 0 aliphatic carbocycles. The quantitative estimate of drug-likeness (QED) is 0.751. The summed E-state index contributed by atoms with van der Waals surface area (Å²) in [5, 5.41) is 11.0. The van der Waals surface area contributed by atoms with Gasteiger partial charge in [0.15, 0.2) is 5.69 Å². The number of rotatable bonds is 6. The summed E-state index contributed by atoms with van der Waals surface area (Å²) < 4.78 is 3.50. The van der Waals surface area contributed by atoms with Gasteiger partial charge in [-0.3, -0.25) is 4.79 Å². The van der Waals surface area contributed by atoms with Crippen molar-refractivity contribution in [3.63, 3.8) is 0 Å². The Morgan fingerprint density at radius 1 is 1.25 bits per heavy atom. The lowest BCUT2D eigenvalue weighted by molar-refractivity contribution is 0.0912. The molecule has 1 amide bonds. The molecule has 7 heteroatoms. The molecule has 0 aliphatic heterocycles. The number of hydrogen-bond acceptors (Lipinski definition) is 4. The van der Waals surface area contributed by atoms with Crippen molar-refractivity contribution in [2.75, 3.05) is 0 Å². The summed E-state index contributed by atoms with van der Waals surface area (Å²) >= 11 is 0. The van der Waals surface area contributed by atoms with Crippen molar-refractivity contribution in [1.82, 2.24) is 29.9 Å². The highest BCUT2D eigenvalue weighted by Gasteiger charge is 2.21. The Labute approximate surface area is 140 Å². The number of carbonyl (C=O) groups is 1. The van der Waals surface area contributed by atoms with Gasteiger partial charge in [0, 0.05) is 25.0 Å². The molecule has 0 unspecified atom stereocenters. The largest absolute Gasteiger partial charge is 0.346 e. The van der Waals surface area contributed by atoms with Gasteiger partial charge in [-0.1, -0.05) is 37.3 Å². The van der Waals surface area contributed by atoms with Gasteiger partial charge in [-0.2, -0.15) is 0 Å². The minimum atomic E-state index is -0.192. The van der Waals surface area contributed by atoms with Crippen LogP contribution in [-0.2, 0) is 6.54 Å². The molecule has 124 valence electrons. The lowest BCUT2D eigenvalue weighted by atomic mass is 10.0. The Bertz CT molecular complexity index is 779. The van der Waals surface area contributed by atoms with Crippen LogP contribution in [0.2, 0.25) is 0 Å². The average Bonchev–Trinajstić information content (AvgIpc) is 3.26. The van der Waals surface area contributed by atoms with Crippen molar-refractivity contribution in [3.05, 3.63) is 60.9 Å². The molecule has 1 N–H and O–H groups in total. The van der Waals surface area contributed by atoms with Crippen molar-refractivity contribution in [2.45, 2.75) is 26.4 Å². The predicted octanol–water partition coefficient (Wildman–Crippen LogP) is 1.92. The molecule has 0 saturated heterocycles. The zero-order valence-corrected chi connectivity index (χ0v) is 13.7. The van der Waals surface area contributed by atoms with E-state index in [2.05, 4.69) is 34.5 Å². The van der Waals surface area contributed by atoms with Crippen LogP contribution in [0.1, 0.15) is 24.3 Å². The van der Waals surface area contributed by atoms with Crippen LogP contribution < -0.4 is 5.32 Å². The summed E-state index contributed by atoms with van der Waals surface area (Å²) in [4.78, 5) is 16.7. The Hall–Kier alpha value is -2.96. The van der Waals surface area contributed by atoms with Crippen LogP contribution in [-0.4, -0.2) is 36.5 Å². The summed E-state index contributed by atoms with van der Waals surface area (Å²) in [6.07, 6.45) is 6.85. The van der Waals surface area contributed by atoms with Crippen LogP contribution in [0.15, 0.2) is 55.2 Å². The van der Waals surface area contributed by atoms with Gasteiger partial charge in [-0.15, -0.1) is 5.10 Å². The van der Waals surface area contributed by atoms with Crippen LogP contribution in [0, 0.1) is 5.92 Å². The lowest BCUT2D eigenvalue weighted by Crippen LogP contribution is -2.42. The molecule has 2 heterocycles. The van der Waals surface area contributed by atoms with Gasteiger partial charge in [0.1, 0.15) is 0 Å². The molecule has 24 heavy (non-hydrogen) atoms. The Balaban J connectivity index is 1.78. The van der Waals surface area contributed by atoms with Gasteiger partial charge in [0.05, 0.1) is 18.2 Å². The SMILES string of the molecule is CC(C)[C@H](Cn1ccnc1)NC(=O)c1cnnn1-c1ccccc1. The topological polar surface area (TPSA) is 77.6 Å². The van der Waals surface area contributed by atoms with Crippen LogP contribution in [0.25, 0.3) is 5.69 Å². The molecule has 0 bridgehead atoms. The number of benzene rings is 1. The number of hydrogen-bond donors (Lipinski definition) is 1. The van der Waals surface area contributed by atoms with Gasteiger partial charge in [-0.05, 0) is 18.1 Å². The molecular formula is C17H20N6O. The Kier molecular flexibility index (Phi) is 4.69. The molecule has 0 spiro atoms. The normalized spacial score (nSPS) is 12.3. The second-order valence-corrected chi connectivity index (χ2v) is 5.95. The number of nitrogens with one attached hydrogen (secondary N) is 1. The van der Waals surface area contributed by atoms with E-state index in [0.29, 0.717) is 12.2 Å². The molecular weight excluding hydrogens is 304 g/mol. The highest BCUT2D eigenvalue weighted by molar-refractivity contribution is 5.93. The summed E-state index contributed by atoms with van der Waals surface area (Å²) in [7, 11) is 0. The molecule has 1 aromatic carbocycles. The number of imidazole rings is 1. The van der Waals surface area contributed by atoms with Gasteiger partial charge < -0.3 is 9.88 Å². The molecule has 0 saturated carbocycles. The zero-order chi connectivity index (χ0) is 16.9. The average molecular weight is 324 g/mol. The number of carbonyl (C=O) groups excluding carboxylic acids is 1. The van der Waals surface area contributed by atoms with E-state index in [1.165, 1.54) is 6.20 Å². The van der Waals surface area contributed by atoms with E-state index in [-0.39, 0.29) is 17.9 Å². The molecule has 1 atom stereocenters. The van der Waals surface area contributed by atoms with Gasteiger partial charge in [0.25, 0.3) is 5.91 Å². The van der Waals surface area contributed by atoms with Crippen LogP contribution >= 0.6 is 0 Å². The minimum Gasteiger partial charge on any atom is -0.346 e. The van der Waals surface area contributed by atoms with E-state index in [1.54, 1.807) is 17.2 Å². The van der Waals surface area contributed by atoms with E-state index in [9.17, 15) is 4.79 Å². The molecule has 3 aromatic rings. The fraction of sp³-hybridized carbons (Fsp3) is 0.294. The second-order valence-electron chi connectivity index (χ2n) is 5.95. The fourth-order valence-corrected chi connectivity index (χ4v) is 2.44. The smallest absolute Gasteiger partial charge is 0.271 e. The lowest BCUT2D eigenvalue weighted by Gasteiger charge is -2.22. The van der Waals surface area contributed by atoms with E-state index in [0.717, 1.165) is 5.69 Å².